The summed E-state index contributed by atoms with van der Waals surface area (Å²) in [4.78, 5) is 22.6. The number of unbranched alkanes of at least 4 members (excludes halogenated alkanes) is 1. The van der Waals surface area contributed by atoms with Crippen molar-refractivity contribution in [2.24, 2.45) is 0 Å². The molecule has 0 N–H and O–H groups in total. The Labute approximate surface area is 126 Å². The molecule has 1 atom stereocenters. The van der Waals surface area contributed by atoms with E-state index in [1.165, 1.54) is 7.11 Å². The number of methoxy groups -OCH3 is 1. The maximum atomic E-state index is 11.7. The largest absolute Gasteiger partial charge is 0.479 e. The number of hydrogen-bond acceptors (Lipinski definition) is 4. The minimum Gasteiger partial charge on any atom is -0.479 e. The molecule has 0 heterocycles. The van der Waals surface area contributed by atoms with Crippen LogP contribution >= 0.6 is 0 Å². The van der Waals surface area contributed by atoms with Gasteiger partial charge >= 0.3 is 5.97 Å². The van der Waals surface area contributed by atoms with Crippen LogP contribution in [0.15, 0.2) is 24.3 Å². The number of ketones is 1. The molecule has 0 saturated heterocycles. The quantitative estimate of drug-likeness (QED) is 0.655. The van der Waals surface area contributed by atoms with Gasteiger partial charge in [0.1, 0.15) is 11.5 Å². The average Bonchev–Trinajstić information content (AvgIpc) is 2.49. The van der Waals surface area contributed by atoms with Gasteiger partial charge in [-0.3, -0.25) is 0 Å². The molecule has 1 aromatic carbocycles. The lowest BCUT2D eigenvalue weighted by Gasteiger charge is -2.16. The first-order valence-electron chi connectivity index (χ1n) is 7.39. The maximum Gasteiger partial charge on any atom is 0.347 e. The molecule has 0 saturated carbocycles. The fraction of sp³-hybridized carbons (Fsp3) is 0.529. The molecular weight excluding hydrogens is 268 g/mol. The van der Waals surface area contributed by atoms with E-state index in [1.54, 1.807) is 6.92 Å². The third kappa shape index (κ3) is 6.43. The smallest absolute Gasteiger partial charge is 0.347 e. The molecular formula is C17H24O4. The zero-order valence-corrected chi connectivity index (χ0v) is 13.1. The lowest BCUT2D eigenvalue weighted by atomic mass is 10.1. The number of carbonyl (C=O) groups is 2. The summed E-state index contributed by atoms with van der Waals surface area (Å²) in [7, 11) is 1.37. The van der Waals surface area contributed by atoms with E-state index in [4.69, 9.17) is 9.47 Å². The zero-order chi connectivity index (χ0) is 15.7. The number of rotatable bonds is 9. The highest BCUT2D eigenvalue weighted by Crippen LogP contribution is 2.17. The first-order valence-corrected chi connectivity index (χ1v) is 7.39. The molecule has 4 nitrogen and oxygen atoms in total. The van der Waals surface area contributed by atoms with Crippen molar-refractivity contribution in [3.8, 4) is 5.75 Å². The van der Waals surface area contributed by atoms with Crippen LogP contribution in [0.2, 0.25) is 0 Å². The summed E-state index contributed by atoms with van der Waals surface area (Å²) < 4.78 is 10.5. The highest BCUT2D eigenvalue weighted by Gasteiger charge is 2.20. The van der Waals surface area contributed by atoms with Gasteiger partial charge in [-0.1, -0.05) is 25.5 Å². The van der Waals surface area contributed by atoms with Crippen molar-refractivity contribution in [1.29, 1.82) is 0 Å². The Hall–Kier alpha value is -1.84. The molecule has 21 heavy (non-hydrogen) atoms. The SMILES string of the molecule is CCCCC(Oc1ccc(CCC(C)=O)cc1)C(=O)OC. The first kappa shape index (κ1) is 17.2. The van der Waals surface area contributed by atoms with E-state index in [1.807, 2.05) is 24.3 Å². The van der Waals surface area contributed by atoms with Crippen LogP contribution in [0.3, 0.4) is 0 Å². The van der Waals surface area contributed by atoms with Crippen LogP contribution in [-0.4, -0.2) is 25.0 Å². The van der Waals surface area contributed by atoms with Gasteiger partial charge in [-0.05, 0) is 43.9 Å². The second-order valence-corrected chi connectivity index (χ2v) is 5.12. The molecule has 0 aliphatic heterocycles. The molecule has 4 heteroatoms. The van der Waals surface area contributed by atoms with Crippen molar-refractivity contribution in [1.82, 2.24) is 0 Å². The van der Waals surface area contributed by atoms with Gasteiger partial charge in [0.2, 0.25) is 0 Å². The lowest BCUT2D eigenvalue weighted by molar-refractivity contribution is -0.149. The molecule has 116 valence electrons. The fourth-order valence-corrected chi connectivity index (χ4v) is 1.97. The Morgan fingerprint density at radius 3 is 2.38 bits per heavy atom. The number of carbonyl (C=O) groups excluding carboxylic acids is 2. The monoisotopic (exact) mass is 292 g/mol. The Morgan fingerprint density at radius 1 is 1.19 bits per heavy atom. The topological polar surface area (TPSA) is 52.6 Å². The van der Waals surface area contributed by atoms with E-state index in [9.17, 15) is 9.59 Å². The summed E-state index contributed by atoms with van der Waals surface area (Å²) in [6, 6.07) is 7.51. The normalized spacial score (nSPS) is 11.8. The number of Topliss-reactive ketones (excluding diaryl/α,β-unsaturated/α-hetero) is 1. The van der Waals surface area contributed by atoms with Gasteiger partial charge in [-0.25, -0.2) is 4.79 Å². The number of aryl methyl sites for hydroxylation is 1. The predicted molar refractivity (Wildman–Crippen MR) is 81.4 cm³/mol. The lowest BCUT2D eigenvalue weighted by Crippen LogP contribution is -2.28. The average molecular weight is 292 g/mol. The van der Waals surface area contributed by atoms with E-state index in [0.717, 1.165) is 24.8 Å². The van der Waals surface area contributed by atoms with Crippen LogP contribution in [0.25, 0.3) is 0 Å². The summed E-state index contributed by atoms with van der Waals surface area (Å²) >= 11 is 0. The Balaban J connectivity index is 2.62. The molecule has 0 bridgehead atoms. The third-order valence-electron chi connectivity index (χ3n) is 3.25. The number of benzene rings is 1. The van der Waals surface area contributed by atoms with Crippen molar-refractivity contribution in [2.45, 2.75) is 52.1 Å². The van der Waals surface area contributed by atoms with Gasteiger partial charge in [0.25, 0.3) is 0 Å². The highest BCUT2D eigenvalue weighted by molar-refractivity contribution is 5.75. The summed E-state index contributed by atoms with van der Waals surface area (Å²) in [5.41, 5.74) is 1.08. The van der Waals surface area contributed by atoms with E-state index >= 15 is 0 Å². The predicted octanol–water partition coefficient (Wildman–Crippen LogP) is 3.32. The molecule has 0 radical (unpaired) electrons. The minimum absolute atomic E-state index is 0.181. The number of ether oxygens (including phenoxy) is 2. The molecule has 1 aromatic rings. The maximum absolute atomic E-state index is 11.7. The van der Waals surface area contributed by atoms with Crippen molar-refractivity contribution < 1.29 is 19.1 Å². The second kappa shape index (κ2) is 9.16. The van der Waals surface area contributed by atoms with Crippen molar-refractivity contribution >= 4 is 11.8 Å². The van der Waals surface area contributed by atoms with Crippen LogP contribution in [0.5, 0.6) is 5.75 Å². The van der Waals surface area contributed by atoms with Crippen LogP contribution in [0.1, 0.15) is 45.1 Å². The summed E-state index contributed by atoms with van der Waals surface area (Å²) in [6.45, 7) is 3.66. The number of hydrogen-bond donors (Lipinski definition) is 0. The Kier molecular flexibility index (Phi) is 7.51. The van der Waals surface area contributed by atoms with Gasteiger partial charge in [0.05, 0.1) is 7.11 Å². The van der Waals surface area contributed by atoms with Gasteiger partial charge in [-0.15, -0.1) is 0 Å². The third-order valence-corrected chi connectivity index (χ3v) is 3.25. The standard InChI is InChI=1S/C17H24O4/c1-4-5-6-16(17(19)20-3)21-15-11-9-14(10-12-15)8-7-13(2)18/h9-12,16H,4-8H2,1-3H3. The highest BCUT2D eigenvalue weighted by atomic mass is 16.6. The molecule has 1 rings (SSSR count). The Bertz CT molecular complexity index is 450. The second-order valence-electron chi connectivity index (χ2n) is 5.12. The Morgan fingerprint density at radius 2 is 1.86 bits per heavy atom. The molecule has 0 fully saturated rings. The fourth-order valence-electron chi connectivity index (χ4n) is 1.97. The molecule has 0 amide bonds. The number of esters is 1. The van der Waals surface area contributed by atoms with Crippen molar-refractivity contribution in [3.05, 3.63) is 29.8 Å². The summed E-state index contributed by atoms with van der Waals surface area (Å²) in [5, 5.41) is 0. The van der Waals surface area contributed by atoms with E-state index < -0.39 is 6.10 Å². The molecule has 0 aromatic heterocycles. The van der Waals surface area contributed by atoms with Gasteiger partial charge in [0.15, 0.2) is 6.10 Å². The van der Waals surface area contributed by atoms with Gasteiger partial charge in [-0.2, -0.15) is 0 Å². The first-order chi connectivity index (χ1) is 10.1. The molecule has 0 aliphatic carbocycles. The van der Waals surface area contributed by atoms with Crippen molar-refractivity contribution in [3.63, 3.8) is 0 Å². The van der Waals surface area contributed by atoms with Gasteiger partial charge < -0.3 is 14.3 Å². The molecule has 1 unspecified atom stereocenters. The van der Waals surface area contributed by atoms with Crippen LogP contribution in [-0.2, 0) is 20.7 Å². The summed E-state index contributed by atoms with van der Waals surface area (Å²) in [6.07, 6.45) is 3.28. The zero-order valence-electron chi connectivity index (χ0n) is 13.1. The van der Waals surface area contributed by atoms with Gasteiger partial charge in [0, 0.05) is 6.42 Å². The van der Waals surface area contributed by atoms with Crippen molar-refractivity contribution in [2.75, 3.05) is 7.11 Å². The van der Waals surface area contributed by atoms with Crippen LogP contribution < -0.4 is 4.74 Å². The van der Waals surface area contributed by atoms with Crippen LogP contribution in [0.4, 0.5) is 0 Å². The van der Waals surface area contributed by atoms with E-state index in [2.05, 4.69) is 6.92 Å². The molecule has 0 aliphatic rings. The summed E-state index contributed by atoms with van der Waals surface area (Å²) in [5.74, 6) is 0.484. The minimum atomic E-state index is -0.557. The van der Waals surface area contributed by atoms with E-state index in [-0.39, 0.29) is 11.8 Å². The molecule has 0 spiro atoms. The van der Waals surface area contributed by atoms with E-state index in [0.29, 0.717) is 18.6 Å². The van der Waals surface area contributed by atoms with Crippen LogP contribution in [0, 0.1) is 0 Å².